The molecule has 2 amide bonds. The van der Waals surface area contributed by atoms with Gasteiger partial charge in [0, 0.05) is 43.3 Å². The molecule has 1 aliphatic carbocycles. The number of carbonyl (C=O) groups is 2. The molecule has 2 aliphatic rings. The minimum atomic E-state index is -0.0274. The Morgan fingerprint density at radius 2 is 1.92 bits per heavy atom. The molecule has 26 heavy (non-hydrogen) atoms. The van der Waals surface area contributed by atoms with Crippen LogP contribution in [0.2, 0.25) is 0 Å². The molecule has 1 aromatic rings. The standard InChI is InChI=1S/C21H31N3O2/c1-5-17-13(2)18-11-8-15(12-19(18)23-21(17)26)22-20(25)14-6-9-16(10-7-14)24(3)4/h6-7,9-10,13,15,17-19H,5,8,11-12H2,1-4H3,(H,22,25)(H,23,26). The van der Waals surface area contributed by atoms with Gasteiger partial charge in [0.05, 0.1) is 0 Å². The summed E-state index contributed by atoms with van der Waals surface area (Å²) >= 11 is 0. The van der Waals surface area contributed by atoms with E-state index in [9.17, 15) is 9.59 Å². The summed E-state index contributed by atoms with van der Waals surface area (Å²) in [5.41, 5.74) is 1.76. The van der Waals surface area contributed by atoms with Crippen molar-refractivity contribution in [1.29, 1.82) is 0 Å². The highest BCUT2D eigenvalue weighted by Crippen LogP contribution is 2.38. The van der Waals surface area contributed by atoms with Gasteiger partial charge in [0.25, 0.3) is 5.91 Å². The molecular formula is C21H31N3O2. The Kier molecular flexibility index (Phi) is 5.54. The second-order valence-electron chi connectivity index (χ2n) is 8.08. The molecule has 1 aliphatic heterocycles. The van der Waals surface area contributed by atoms with Gasteiger partial charge in [-0.15, -0.1) is 0 Å². The highest BCUT2D eigenvalue weighted by molar-refractivity contribution is 5.94. The van der Waals surface area contributed by atoms with Gasteiger partial charge in [-0.25, -0.2) is 0 Å². The van der Waals surface area contributed by atoms with Crippen molar-refractivity contribution >= 4 is 17.5 Å². The molecule has 0 bridgehead atoms. The predicted molar refractivity (Wildman–Crippen MR) is 104 cm³/mol. The molecule has 0 aromatic heterocycles. The summed E-state index contributed by atoms with van der Waals surface area (Å²) in [4.78, 5) is 26.9. The monoisotopic (exact) mass is 357 g/mol. The number of hydrogen-bond acceptors (Lipinski definition) is 3. The number of nitrogens with zero attached hydrogens (tertiary/aromatic N) is 1. The maximum Gasteiger partial charge on any atom is 0.251 e. The quantitative estimate of drug-likeness (QED) is 0.871. The third-order valence-corrected chi connectivity index (χ3v) is 6.30. The zero-order valence-electron chi connectivity index (χ0n) is 16.3. The van der Waals surface area contributed by atoms with Crippen LogP contribution in [0.1, 0.15) is 49.9 Å². The van der Waals surface area contributed by atoms with Gasteiger partial charge in [-0.3, -0.25) is 9.59 Å². The highest BCUT2D eigenvalue weighted by atomic mass is 16.2. The van der Waals surface area contributed by atoms with E-state index in [1.807, 2.05) is 43.3 Å². The van der Waals surface area contributed by atoms with Gasteiger partial charge in [-0.05, 0) is 61.8 Å². The summed E-state index contributed by atoms with van der Waals surface area (Å²) in [6.45, 7) is 4.31. The maximum absolute atomic E-state index is 12.6. The summed E-state index contributed by atoms with van der Waals surface area (Å²) in [6, 6.07) is 7.97. The van der Waals surface area contributed by atoms with Crippen LogP contribution in [0.4, 0.5) is 5.69 Å². The van der Waals surface area contributed by atoms with Gasteiger partial charge < -0.3 is 15.5 Å². The molecule has 2 N–H and O–H groups in total. The number of rotatable bonds is 4. The molecule has 5 unspecified atom stereocenters. The van der Waals surface area contributed by atoms with Crippen LogP contribution in [-0.4, -0.2) is 38.0 Å². The Labute approximate surface area is 156 Å². The van der Waals surface area contributed by atoms with Crippen molar-refractivity contribution in [1.82, 2.24) is 10.6 Å². The number of fused-ring (bicyclic) bond motifs is 1. The second kappa shape index (κ2) is 7.68. The number of carbonyl (C=O) groups excluding carboxylic acids is 2. The molecule has 1 aromatic carbocycles. The smallest absolute Gasteiger partial charge is 0.251 e. The van der Waals surface area contributed by atoms with Crippen LogP contribution in [0.5, 0.6) is 0 Å². The Hall–Kier alpha value is -2.04. The number of amides is 2. The van der Waals surface area contributed by atoms with Crippen LogP contribution >= 0.6 is 0 Å². The fourth-order valence-corrected chi connectivity index (χ4v) is 4.68. The van der Waals surface area contributed by atoms with E-state index < -0.39 is 0 Å². The first kappa shape index (κ1) is 18.7. The number of benzene rings is 1. The third kappa shape index (κ3) is 3.71. The van der Waals surface area contributed by atoms with Crippen molar-refractivity contribution < 1.29 is 9.59 Å². The SMILES string of the molecule is CCC1C(=O)NC2CC(NC(=O)c3ccc(N(C)C)cc3)CCC2C1C. The fraction of sp³-hybridized carbons (Fsp3) is 0.619. The van der Waals surface area contributed by atoms with Crippen LogP contribution in [0, 0.1) is 17.8 Å². The van der Waals surface area contributed by atoms with Crippen LogP contribution in [-0.2, 0) is 4.79 Å². The minimum absolute atomic E-state index is 0.0274. The number of anilines is 1. The van der Waals surface area contributed by atoms with E-state index in [2.05, 4.69) is 24.5 Å². The maximum atomic E-state index is 12.6. The summed E-state index contributed by atoms with van der Waals surface area (Å²) in [5.74, 6) is 1.25. The first-order chi connectivity index (χ1) is 12.4. The summed E-state index contributed by atoms with van der Waals surface area (Å²) in [5, 5.41) is 6.38. The lowest BCUT2D eigenvalue weighted by molar-refractivity contribution is -0.133. The molecular weight excluding hydrogens is 326 g/mol. The van der Waals surface area contributed by atoms with E-state index in [-0.39, 0.29) is 29.8 Å². The fourth-order valence-electron chi connectivity index (χ4n) is 4.68. The van der Waals surface area contributed by atoms with Crippen LogP contribution in [0.25, 0.3) is 0 Å². The largest absolute Gasteiger partial charge is 0.378 e. The zero-order chi connectivity index (χ0) is 18.8. The van der Waals surface area contributed by atoms with Crippen molar-refractivity contribution in [3.8, 4) is 0 Å². The third-order valence-electron chi connectivity index (χ3n) is 6.30. The predicted octanol–water partition coefficient (Wildman–Crippen LogP) is 2.81. The van der Waals surface area contributed by atoms with E-state index in [4.69, 9.17) is 0 Å². The van der Waals surface area contributed by atoms with Gasteiger partial charge in [0.2, 0.25) is 5.91 Å². The molecule has 5 heteroatoms. The van der Waals surface area contributed by atoms with E-state index >= 15 is 0 Å². The van der Waals surface area contributed by atoms with Crippen molar-refractivity contribution in [2.24, 2.45) is 17.8 Å². The van der Waals surface area contributed by atoms with Crippen molar-refractivity contribution in [2.45, 2.75) is 51.6 Å². The summed E-state index contributed by atoms with van der Waals surface area (Å²) in [7, 11) is 3.96. The molecule has 1 heterocycles. The van der Waals surface area contributed by atoms with E-state index in [1.54, 1.807) is 0 Å². The van der Waals surface area contributed by atoms with Gasteiger partial charge in [-0.1, -0.05) is 13.8 Å². The molecule has 142 valence electrons. The second-order valence-corrected chi connectivity index (χ2v) is 8.08. The molecule has 0 radical (unpaired) electrons. The highest BCUT2D eigenvalue weighted by Gasteiger charge is 2.43. The van der Waals surface area contributed by atoms with Crippen LogP contribution < -0.4 is 15.5 Å². The first-order valence-corrected chi connectivity index (χ1v) is 9.79. The van der Waals surface area contributed by atoms with Gasteiger partial charge in [0.1, 0.15) is 0 Å². The lowest BCUT2D eigenvalue weighted by atomic mass is 9.67. The Balaban J connectivity index is 1.60. The molecule has 0 spiro atoms. The minimum Gasteiger partial charge on any atom is -0.378 e. The Morgan fingerprint density at radius 1 is 1.23 bits per heavy atom. The molecule has 3 rings (SSSR count). The Morgan fingerprint density at radius 3 is 2.54 bits per heavy atom. The number of piperidine rings is 1. The molecule has 1 saturated heterocycles. The molecule has 5 atom stereocenters. The lowest BCUT2D eigenvalue weighted by Gasteiger charge is -2.46. The molecule has 1 saturated carbocycles. The Bertz CT molecular complexity index is 656. The summed E-state index contributed by atoms with van der Waals surface area (Å²) < 4.78 is 0. The molecule has 2 fully saturated rings. The van der Waals surface area contributed by atoms with E-state index in [0.29, 0.717) is 17.4 Å². The average Bonchev–Trinajstić information content (AvgIpc) is 2.62. The van der Waals surface area contributed by atoms with E-state index in [1.165, 1.54) is 0 Å². The van der Waals surface area contributed by atoms with Crippen molar-refractivity contribution in [3.05, 3.63) is 29.8 Å². The average molecular weight is 357 g/mol. The normalized spacial score (nSPS) is 30.9. The van der Waals surface area contributed by atoms with E-state index in [0.717, 1.165) is 31.4 Å². The zero-order valence-corrected chi connectivity index (χ0v) is 16.3. The van der Waals surface area contributed by atoms with Crippen molar-refractivity contribution in [3.63, 3.8) is 0 Å². The molecule has 5 nitrogen and oxygen atoms in total. The summed E-state index contributed by atoms with van der Waals surface area (Å²) in [6.07, 6.45) is 3.78. The van der Waals surface area contributed by atoms with Crippen LogP contribution in [0.3, 0.4) is 0 Å². The van der Waals surface area contributed by atoms with Gasteiger partial charge in [-0.2, -0.15) is 0 Å². The van der Waals surface area contributed by atoms with Gasteiger partial charge in [0.15, 0.2) is 0 Å². The first-order valence-electron chi connectivity index (χ1n) is 9.79. The van der Waals surface area contributed by atoms with Gasteiger partial charge >= 0.3 is 0 Å². The number of hydrogen-bond donors (Lipinski definition) is 2. The van der Waals surface area contributed by atoms with Crippen LogP contribution in [0.15, 0.2) is 24.3 Å². The number of nitrogens with one attached hydrogen (secondary N) is 2. The topological polar surface area (TPSA) is 61.4 Å². The lowest BCUT2D eigenvalue weighted by Crippen LogP contribution is -2.58. The van der Waals surface area contributed by atoms with Crippen molar-refractivity contribution in [2.75, 3.05) is 19.0 Å².